The normalized spacial score (nSPS) is 16.2. The first-order valence-electron chi connectivity index (χ1n) is 11.0. The van der Waals surface area contributed by atoms with Crippen molar-refractivity contribution in [3.05, 3.63) is 47.9 Å². The van der Waals surface area contributed by atoms with E-state index in [9.17, 15) is 12.8 Å². The third kappa shape index (κ3) is 4.35. The maximum Gasteiger partial charge on any atom is 0.282 e. The van der Waals surface area contributed by atoms with E-state index in [4.69, 9.17) is 9.72 Å². The molecule has 1 N–H and O–H groups in total. The van der Waals surface area contributed by atoms with Crippen LogP contribution in [0.3, 0.4) is 0 Å². The molecule has 0 spiro atoms. The zero-order valence-electron chi connectivity index (χ0n) is 19.2. The summed E-state index contributed by atoms with van der Waals surface area (Å²) in [6.07, 6.45) is 3.54. The van der Waals surface area contributed by atoms with Gasteiger partial charge in [-0.05, 0) is 24.3 Å². The highest BCUT2D eigenvalue weighted by Crippen LogP contribution is 2.35. The van der Waals surface area contributed by atoms with Crippen molar-refractivity contribution in [3.63, 3.8) is 0 Å². The van der Waals surface area contributed by atoms with E-state index in [1.54, 1.807) is 24.4 Å². The van der Waals surface area contributed by atoms with Gasteiger partial charge in [0.15, 0.2) is 16.5 Å². The molecule has 0 aliphatic carbocycles. The summed E-state index contributed by atoms with van der Waals surface area (Å²) in [5, 5.41) is 5.06. The van der Waals surface area contributed by atoms with E-state index in [-0.39, 0.29) is 5.75 Å². The average Bonchev–Trinajstić information content (AvgIpc) is 3.52. The molecule has 184 valence electrons. The number of ether oxygens (including phenoxy) is 1. The highest BCUT2D eigenvalue weighted by molar-refractivity contribution is 7.87. The van der Waals surface area contributed by atoms with Gasteiger partial charge in [0.1, 0.15) is 5.69 Å². The summed E-state index contributed by atoms with van der Waals surface area (Å²) in [5.41, 5.74) is 2.70. The van der Waals surface area contributed by atoms with Crippen LogP contribution in [0.15, 0.2) is 42.0 Å². The molecular weight excluding hydrogens is 493 g/mol. The van der Waals surface area contributed by atoms with Crippen molar-refractivity contribution in [3.8, 4) is 28.4 Å². The van der Waals surface area contributed by atoms with Crippen molar-refractivity contribution in [1.29, 1.82) is 0 Å². The smallest absolute Gasteiger partial charge is 0.282 e. The highest BCUT2D eigenvalue weighted by atomic mass is 32.2. The van der Waals surface area contributed by atoms with Gasteiger partial charge in [-0.3, -0.25) is 4.40 Å². The summed E-state index contributed by atoms with van der Waals surface area (Å²) in [7, 11) is -1.98. The standard InChI is InChI=1S/C22H24FN7O3S2/c1-3-28-10-11-29(35(28,31)32)9-8-25-21-24-7-6-17(26-21)20-19(27-22-30(20)12-13-34-22)15-4-5-16(23)18(14-15)33-2/h4-7,12-14H,3,8-11H2,1-2H3,(H,24,25,26). The van der Waals surface area contributed by atoms with Gasteiger partial charge in [-0.1, -0.05) is 6.92 Å². The van der Waals surface area contributed by atoms with Crippen LogP contribution < -0.4 is 10.1 Å². The van der Waals surface area contributed by atoms with Crippen molar-refractivity contribution in [2.45, 2.75) is 6.92 Å². The molecule has 0 radical (unpaired) electrons. The molecule has 35 heavy (non-hydrogen) atoms. The van der Waals surface area contributed by atoms with Gasteiger partial charge in [-0.25, -0.2) is 19.3 Å². The molecular formula is C22H24FN7O3S2. The van der Waals surface area contributed by atoms with Gasteiger partial charge in [0.25, 0.3) is 10.2 Å². The van der Waals surface area contributed by atoms with Crippen LogP contribution in [0.2, 0.25) is 0 Å². The van der Waals surface area contributed by atoms with Crippen LogP contribution in [0.4, 0.5) is 10.3 Å². The molecule has 13 heteroatoms. The Balaban J connectivity index is 1.42. The monoisotopic (exact) mass is 517 g/mol. The molecule has 10 nitrogen and oxygen atoms in total. The largest absolute Gasteiger partial charge is 0.494 e. The number of imidazole rings is 1. The van der Waals surface area contributed by atoms with Gasteiger partial charge >= 0.3 is 0 Å². The summed E-state index contributed by atoms with van der Waals surface area (Å²) in [6.45, 7) is 3.93. The second-order valence-corrected chi connectivity index (χ2v) is 10.6. The van der Waals surface area contributed by atoms with Gasteiger partial charge in [-0.15, -0.1) is 11.3 Å². The lowest BCUT2D eigenvalue weighted by atomic mass is 10.1. The molecule has 1 aliphatic heterocycles. The number of methoxy groups -OCH3 is 1. The molecule has 1 aromatic carbocycles. The third-order valence-corrected chi connectivity index (χ3v) is 8.70. The Morgan fingerprint density at radius 1 is 1.20 bits per heavy atom. The molecule has 0 atom stereocenters. The zero-order chi connectivity index (χ0) is 24.6. The third-order valence-electron chi connectivity index (χ3n) is 5.83. The van der Waals surface area contributed by atoms with Crippen LogP contribution in [0.1, 0.15) is 6.92 Å². The lowest BCUT2D eigenvalue weighted by molar-refractivity contribution is 0.387. The van der Waals surface area contributed by atoms with E-state index in [0.29, 0.717) is 55.6 Å². The Kier molecular flexibility index (Phi) is 6.40. The van der Waals surface area contributed by atoms with Crippen molar-refractivity contribution in [2.24, 2.45) is 0 Å². The predicted molar refractivity (Wildman–Crippen MR) is 132 cm³/mol. The number of benzene rings is 1. The average molecular weight is 518 g/mol. The first-order valence-corrected chi connectivity index (χ1v) is 13.3. The van der Waals surface area contributed by atoms with E-state index in [2.05, 4.69) is 15.3 Å². The highest BCUT2D eigenvalue weighted by Gasteiger charge is 2.34. The van der Waals surface area contributed by atoms with E-state index >= 15 is 0 Å². The van der Waals surface area contributed by atoms with E-state index < -0.39 is 16.0 Å². The van der Waals surface area contributed by atoms with E-state index in [0.717, 1.165) is 10.7 Å². The SMILES string of the molecule is CCN1CCN(CCNc2nccc(-c3c(-c4ccc(F)c(OC)c4)nc4sccn34)n2)S1(=O)=O. The fourth-order valence-electron chi connectivity index (χ4n) is 4.07. The number of fused-ring (bicyclic) bond motifs is 1. The summed E-state index contributed by atoms with van der Waals surface area (Å²) >= 11 is 1.48. The number of likely N-dealkylation sites (N-methyl/N-ethyl adjacent to an activating group) is 1. The Bertz CT molecular complexity index is 1470. The molecule has 5 rings (SSSR count). The number of thiazole rings is 1. The minimum Gasteiger partial charge on any atom is -0.494 e. The molecule has 3 aromatic heterocycles. The molecule has 1 fully saturated rings. The maximum absolute atomic E-state index is 14.0. The van der Waals surface area contributed by atoms with E-state index in [1.807, 2.05) is 22.9 Å². The van der Waals surface area contributed by atoms with Crippen LogP contribution in [-0.4, -0.2) is 76.2 Å². The molecule has 1 aliphatic rings. The lowest BCUT2D eigenvalue weighted by Crippen LogP contribution is -2.35. The molecule has 0 saturated carbocycles. The number of hydrogen-bond donors (Lipinski definition) is 1. The molecule has 0 bridgehead atoms. The number of nitrogens with zero attached hydrogens (tertiary/aromatic N) is 6. The first kappa shape index (κ1) is 23.6. The van der Waals surface area contributed by atoms with E-state index in [1.165, 1.54) is 33.1 Å². The number of halogens is 1. The molecule has 1 saturated heterocycles. The van der Waals surface area contributed by atoms with Crippen LogP contribution >= 0.6 is 11.3 Å². The number of anilines is 1. The fourth-order valence-corrected chi connectivity index (χ4v) is 6.39. The fraction of sp³-hybridized carbons (Fsp3) is 0.318. The minimum absolute atomic E-state index is 0.133. The van der Waals surface area contributed by atoms with Crippen molar-refractivity contribution >= 4 is 32.5 Å². The quantitative estimate of drug-likeness (QED) is 0.383. The zero-order valence-corrected chi connectivity index (χ0v) is 20.8. The van der Waals surface area contributed by atoms with Gasteiger partial charge in [-0.2, -0.15) is 17.0 Å². The molecule has 0 unspecified atom stereocenters. The Hall–Kier alpha value is -3.13. The number of rotatable bonds is 8. The van der Waals surface area contributed by atoms with Gasteiger partial charge in [0, 0.05) is 56.1 Å². The minimum atomic E-state index is -3.40. The Morgan fingerprint density at radius 2 is 2.03 bits per heavy atom. The summed E-state index contributed by atoms with van der Waals surface area (Å²) in [5.74, 6) is 0.0574. The van der Waals surface area contributed by atoms with Crippen LogP contribution in [0.5, 0.6) is 5.75 Å². The number of aromatic nitrogens is 4. The Labute approximate surface area is 206 Å². The first-order chi connectivity index (χ1) is 16.9. The van der Waals surface area contributed by atoms with Gasteiger partial charge in [0.2, 0.25) is 5.95 Å². The Morgan fingerprint density at radius 3 is 2.80 bits per heavy atom. The lowest BCUT2D eigenvalue weighted by Gasteiger charge is -2.17. The number of nitrogens with one attached hydrogen (secondary N) is 1. The summed E-state index contributed by atoms with van der Waals surface area (Å²) in [4.78, 5) is 14.5. The topological polar surface area (TPSA) is 105 Å². The van der Waals surface area contributed by atoms with Crippen LogP contribution in [0.25, 0.3) is 27.6 Å². The van der Waals surface area contributed by atoms with Crippen LogP contribution in [0, 0.1) is 5.82 Å². The van der Waals surface area contributed by atoms with Crippen LogP contribution in [-0.2, 0) is 10.2 Å². The molecule has 4 heterocycles. The maximum atomic E-state index is 14.0. The second-order valence-electron chi connectivity index (χ2n) is 7.80. The van der Waals surface area contributed by atoms with Gasteiger partial charge < -0.3 is 10.1 Å². The van der Waals surface area contributed by atoms with Crippen molar-refractivity contribution in [1.82, 2.24) is 28.0 Å². The molecule has 4 aromatic rings. The summed E-state index contributed by atoms with van der Waals surface area (Å²) in [6, 6.07) is 6.40. The predicted octanol–water partition coefficient (Wildman–Crippen LogP) is 2.96. The van der Waals surface area contributed by atoms with Crippen molar-refractivity contribution in [2.75, 3.05) is 45.2 Å². The van der Waals surface area contributed by atoms with Crippen molar-refractivity contribution < 1.29 is 17.5 Å². The molecule has 0 amide bonds. The summed E-state index contributed by atoms with van der Waals surface area (Å²) < 4.78 is 48.9. The second kappa shape index (κ2) is 9.49. The number of hydrogen-bond acceptors (Lipinski definition) is 8. The van der Waals surface area contributed by atoms with Gasteiger partial charge in [0.05, 0.1) is 18.5 Å².